The first-order chi connectivity index (χ1) is 12.1. The predicted octanol–water partition coefficient (Wildman–Crippen LogP) is 4.06. The number of nitrogens with one attached hydrogen (secondary N) is 1. The lowest BCUT2D eigenvalue weighted by Gasteiger charge is -2.09. The Morgan fingerprint density at radius 3 is 2.76 bits per heavy atom. The highest BCUT2D eigenvalue weighted by Gasteiger charge is 2.18. The highest BCUT2D eigenvalue weighted by atomic mass is 35.5. The van der Waals surface area contributed by atoms with Crippen LogP contribution in [-0.2, 0) is 0 Å². The van der Waals surface area contributed by atoms with Crippen molar-refractivity contribution in [3.63, 3.8) is 0 Å². The summed E-state index contributed by atoms with van der Waals surface area (Å²) in [5, 5.41) is 6.50. The van der Waals surface area contributed by atoms with Crippen molar-refractivity contribution in [3.05, 3.63) is 70.8 Å². The molecule has 0 radical (unpaired) electrons. The van der Waals surface area contributed by atoms with Gasteiger partial charge >= 0.3 is 0 Å². The summed E-state index contributed by atoms with van der Waals surface area (Å²) in [6, 6.07) is 13.7. The topological polar surface area (TPSA) is 68.0 Å². The van der Waals surface area contributed by atoms with Gasteiger partial charge in [0.25, 0.3) is 5.91 Å². The van der Waals surface area contributed by atoms with E-state index in [9.17, 15) is 9.18 Å². The number of carbonyl (C=O) groups is 1. The summed E-state index contributed by atoms with van der Waals surface area (Å²) in [5.41, 5.74) is 0.741. The van der Waals surface area contributed by atoms with Crippen molar-refractivity contribution in [2.75, 3.05) is 6.54 Å². The second-order valence-electron chi connectivity index (χ2n) is 5.53. The third kappa shape index (κ3) is 3.85. The number of amides is 1. The Morgan fingerprint density at radius 1 is 1.24 bits per heavy atom. The molecule has 1 atom stereocenters. The number of carbonyl (C=O) groups excluding carboxylic acids is 1. The molecule has 1 unspecified atom stereocenters. The Labute approximate surface area is 148 Å². The summed E-state index contributed by atoms with van der Waals surface area (Å²) in [7, 11) is 0. The second-order valence-corrected chi connectivity index (χ2v) is 5.94. The van der Waals surface area contributed by atoms with E-state index < -0.39 is 11.7 Å². The summed E-state index contributed by atoms with van der Waals surface area (Å²) in [6.07, 6.45) is 0. The van der Waals surface area contributed by atoms with Gasteiger partial charge in [0.1, 0.15) is 0 Å². The molecule has 128 valence electrons. The number of hydrogen-bond donors (Lipinski definition) is 1. The Morgan fingerprint density at radius 2 is 2.00 bits per heavy atom. The lowest BCUT2D eigenvalue weighted by atomic mass is 10.1. The highest BCUT2D eigenvalue weighted by Crippen LogP contribution is 2.20. The fourth-order valence-corrected chi connectivity index (χ4v) is 2.42. The van der Waals surface area contributed by atoms with Crippen molar-refractivity contribution in [1.29, 1.82) is 0 Å². The smallest absolute Gasteiger partial charge is 0.254 e. The van der Waals surface area contributed by atoms with Crippen LogP contribution in [0.5, 0.6) is 0 Å². The molecule has 5 nitrogen and oxygen atoms in total. The van der Waals surface area contributed by atoms with Gasteiger partial charge in [-0.05, 0) is 12.1 Å². The number of nitrogens with zero attached hydrogens (tertiary/aromatic N) is 2. The maximum absolute atomic E-state index is 13.9. The van der Waals surface area contributed by atoms with Crippen LogP contribution in [0.4, 0.5) is 4.39 Å². The van der Waals surface area contributed by atoms with Crippen LogP contribution in [0.25, 0.3) is 11.4 Å². The molecule has 0 fully saturated rings. The first-order valence-electron chi connectivity index (χ1n) is 7.67. The van der Waals surface area contributed by atoms with E-state index in [2.05, 4.69) is 15.5 Å². The van der Waals surface area contributed by atoms with Crippen LogP contribution in [-0.4, -0.2) is 22.6 Å². The van der Waals surface area contributed by atoms with Gasteiger partial charge in [0.2, 0.25) is 11.7 Å². The zero-order valence-electron chi connectivity index (χ0n) is 13.4. The fourth-order valence-electron chi connectivity index (χ4n) is 2.25. The summed E-state index contributed by atoms with van der Waals surface area (Å²) in [4.78, 5) is 16.4. The number of aromatic nitrogens is 2. The van der Waals surface area contributed by atoms with Crippen LogP contribution in [0.15, 0.2) is 53.1 Å². The third-order valence-corrected chi connectivity index (χ3v) is 3.95. The van der Waals surface area contributed by atoms with E-state index in [1.807, 2.05) is 37.3 Å². The van der Waals surface area contributed by atoms with Crippen LogP contribution in [0.2, 0.25) is 5.02 Å². The maximum atomic E-state index is 13.9. The first-order valence-corrected chi connectivity index (χ1v) is 8.05. The predicted molar refractivity (Wildman–Crippen MR) is 91.9 cm³/mol. The molecule has 3 rings (SSSR count). The summed E-state index contributed by atoms with van der Waals surface area (Å²) >= 11 is 5.69. The van der Waals surface area contributed by atoms with Gasteiger partial charge in [0.05, 0.1) is 16.5 Å². The van der Waals surface area contributed by atoms with Gasteiger partial charge in [-0.25, -0.2) is 4.39 Å². The minimum absolute atomic E-state index is 0.0925. The molecule has 3 aromatic rings. The SMILES string of the molecule is CC(CNC(=O)c1cccc(Cl)c1F)c1nc(-c2ccccc2)no1. The normalized spacial score (nSPS) is 12.0. The van der Waals surface area contributed by atoms with Gasteiger partial charge in [-0.3, -0.25) is 4.79 Å². The molecule has 0 saturated heterocycles. The van der Waals surface area contributed by atoms with Gasteiger partial charge in [0, 0.05) is 12.1 Å². The lowest BCUT2D eigenvalue weighted by molar-refractivity contribution is 0.0946. The Bertz CT molecular complexity index is 883. The zero-order chi connectivity index (χ0) is 17.8. The molecule has 0 aliphatic rings. The van der Waals surface area contributed by atoms with Gasteiger partial charge in [-0.2, -0.15) is 4.98 Å². The lowest BCUT2D eigenvalue weighted by Crippen LogP contribution is -2.28. The standard InChI is InChI=1S/C18H15ClFN3O2/c1-11(10-21-17(24)13-8-5-9-14(19)15(13)20)18-22-16(23-25-18)12-6-3-2-4-7-12/h2-9,11H,10H2,1H3,(H,21,24). The van der Waals surface area contributed by atoms with Gasteiger partial charge in [-0.15, -0.1) is 0 Å². The molecule has 2 aromatic carbocycles. The number of hydrogen-bond acceptors (Lipinski definition) is 4. The molecule has 1 amide bonds. The molecule has 25 heavy (non-hydrogen) atoms. The van der Waals surface area contributed by atoms with Crippen molar-refractivity contribution < 1.29 is 13.7 Å². The van der Waals surface area contributed by atoms with Gasteiger partial charge in [0.15, 0.2) is 5.82 Å². The van der Waals surface area contributed by atoms with Crippen LogP contribution in [0.1, 0.15) is 29.1 Å². The van der Waals surface area contributed by atoms with E-state index in [0.717, 1.165) is 5.56 Å². The molecule has 0 bridgehead atoms. The van der Waals surface area contributed by atoms with E-state index in [1.165, 1.54) is 18.2 Å². The van der Waals surface area contributed by atoms with Crippen molar-refractivity contribution >= 4 is 17.5 Å². The van der Waals surface area contributed by atoms with Crippen molar-refractivity contribution in [2.45, 2.75) is 12.8 Å². The molecule has 0 saturated carbocycles. The molecular formula is C18H15ClFN3O2. The van der Waals surface area contributed by atoms with E-state index >= 15 is 0 Å². The maximum Gasteiger partial charge on any atom is 0.254 e. The molecule has 0 aliphatic heterocycles. The molecule has 0 spiro atoms. The summed E-state index contributed by atoms with van der Waals surface area (Å²) < 4.78 is 19.1. The molecule has 1 aromatic heterocycles. The molecule has 7 heteroatoms. The van der Waals surface area contributed by atoms with Crippen molar-refractivity contribution in [2.24, 2.45) is 0 Å². The first kappa shape index (κ1) is 17.1. The average Bonchev–Trinajstić information content (AvgIpc) is 3.13. The van der Waals surface area contributed by atoms with E-state index in [4.69, 9.17) is 16.1 Å². The monoisotopic (exact) mass is 359 g/mol. The van der Waals surface area contributed by atoms with E-state index in [1.54, 1.807) is 0 Å². The van der Waals surface area contributed by atoms with E-state index in [0.29, 0.717) is 11.7 Å². The largest absolute Gasteiger partial charge is 0.351 e. The Kier molecular flexibility index (Phi) is 5.09. The number of benzene rings is 2. The second kappa shape index (κ2) is 7.44. The van der Waals surface area contributed by atoms with Crippen LogP contribution >= 0.6 is 11.6 Å². The zero-order valence-corrected chi connectivity index (χ0v) is 14.1. The minimum atomic E-state index is -0.738. The Balaban J connectivity index is 1.65. The quantitative estimate of drug-likeness (QED) is 0.745. The summed E-state index contributed by atoms with van der Waals surface area (Å²) in [6.45, 7) is 2.05. The number of halogens is 2. The molecule has 1 heterocycles. The fraction of sp³-hybridized carbons (Fsp3) is 0.167. The van der Waals surface area contributed by atoms with Crippen LogP contribution < -0.4 is 5.32 Å². The number of rotatable bonds is 5. The third-order valence-electron chi connectivity index (χ3n) is 3.66. The van der Waals surface area contributed by atoms with Crippen LogP contribution in [0, 0.1) is 5.82 Å². The van der Waals surface area contributed by atoms with E-state index in [-0.39, 0.29) is 23.0 Å². The Hall–Kier alpha value is -2.73. The van der Waals surface area contributed by atoms with Crippen LogP contribution in [0.3, 0.4) is 0 Å². The molecular weight excluding hydrogens is 345 g/mol. The minimum Gasteiger partial charge on any atom is -0.351 e. The summed E-state index contributed by atoms with van der Waals surface area (Å²) in [5.74, 6) is -0.635. The average molecular weight is 360 g/mol. The molecule has 1 N–H and O–H groups in total. The van der Waals surface area contributed by atoms with Crippen molar-refractivity contribution in [1.82, 2.24) is 15.5 Å². The van der Waals surface area contributed by atoms with Gasteiger partial charge in [-0.1, -0.05) is 60.1 Å². The van der Waals surface area contributed by atoms with Gasteiger partial charge < -0.3 is 9.84 Å². The molecule has 0 aliphatic carbocycles. The van der Waals surface area contributed by atoms with Crippen molar-refractivity contribution in [3.8, 4) is 11.4 Å². The highest BCUT2D eigenvalue weighted by molar-refractivity contribution is 6.31.